The van der Waals surface area contributed by atoms with E-state index < -0.39 is 0 Å². The van der Waals surface area contributed by atoms with E-state index in [0.717, 1.165) is 31.3 Å². The topological polar surface area (TPSA) is 30.5 Å². The van der Waals surface area contributed by atoms with Crippen LogP contribution >= 0.6 is 0 Å². The molecule has 2 rings (SSSR count). The third-order valence-electron chi connectivity index (χ3n) is 2.80. The van der Waals surface area contributed by atoms with Gasteiger partial charge in [0.25, 0.3) is 0 Å². The first-order chi connectivity index (χ1) is 8.20. The summed E-state index contributed by atoms with van der Waals surface area (Å²) < 4.78 is 11.4. The number of fused-ring (bicyclic) bond motifs is 1. The Hall–Kier alpha value is -1.22. The van der Waals surface area contributed by atoms with E-state index in [2.05, 4.69) is 32.2 Å². The molecule has 1 N–H and O–H groups in total. The Labute approximate surface area is 103 Å². The molecule has 1 unspecified atom stereocenters. The first-order valence-corrected chi connectivity index (χ1v) is 6.33. The molecule has 94 valence electrons. The van der Waals surface area contributed by atoms with Crippen molar-refractivity contribution in [1.29, 1.82) is 0 Å². The summed E-state index contributed by atoms with van der Waals surface area (Å²) in [4.78, 5) is 0. The SMILES string of the molecule is CCNC1COc2cc(OCC(C)C)ccc21. The molecule has 0 spiro atoms. The van der Waals surface area contributed by atoms with Gasteiger partial charge in [0.05, 0.1) is 12.6 Å². The molecule has 3 heteroatoms. The van der Waals surface area contributed by atoms with Crippen molar-refractivity contribution in [2.75, 3.05) is 19.8 Å². The highest BCUT2D eigenvalue weighted by atomic mass is 16.5. The van der Waals surface area contributed by atoms with E-state index in [9.17, 15) is 0 Å². The van der Waals surface area contributed by atoms with Crippen molar-refractivity contribution in [2.45, 2.75) is 26.8 Å². The molecule has 0 radical (unpaired) electrons. The fourth-order valence-corrected chi connectivity index (χ4v) is 1.96. The van der Waals surface area contributed by atoms with Crippen molar-refractivity contribution in [1.82, 2.24) is 5.32 Å². The standard InChI is InChI=1S/C14H21NO2/c1-4-15-13-9-17-14-7-11(5-6-12(13)14)16-8-10(2)3/h5-7,10,13,15H,4,8-9H2,1-3H3. The van der Waals surface area contributed by atoms with Crippen LogP contribution in [0.1, 0.15) is 32.4 Å². The highest BCUT2D eigenvalue weighted by Crippen LogP contribution is 2.35. The van der Waals surface area contributed by atoms with E-state index >= 15 is 0 Å². The van der Waals surface area contributed by atoms with Crippen molar-refractivity contribution in [2.24, 2.45) is 5.92 Å². The zero-order chi connectivity index (χ0) is 12.3. The molecule has 1 aromatic rings. The molecule has 0 saturated heterocycles. The average molecular weight is 235 g/mol. The van der Waals surface area contributed by atoms with Gasteiger partial charge in [0.15, 0.2) is 0 Å². The summed E-state index contributed by atoms with van der Waals surface area (Å²) in [6.45, 7) is 8.82. The molecule has 1 aliphatic heterocycles. The molecule has 1 aromatic carbocycles. The second-order valence-electron chi connectivity index (χ2n) is 4.83. The first kappa shape index (κ1) is 12.2. The minimum absolute atomic E-state index is 0.328. The Bertz CT molecular complexity index is 376. The molecule has 0 fully saturated rings. The predicted molar refractivity (Wildman–Crippen MR) is 68.7 cm³/mol. The van der Waals surface area contributed by atoms with Crippen LogP contribution in [-0.2, 0) is 0 Å². The third kappa shape index (κ3) is 2.91. The number of ether oxygens (including phenoxy) is 2. The van der Waals surface area contributed by atoms with Gasteiger partial charge in [0.1, 0.15) is 18.1 Å². The van der Waals surface area contributed by atoms with Crippen LogP contribution in [0.3, 0.4) is 0 Å². The number of hydrogen-bond acceptors (Lipinski definition) is 3. The molecule has 0 saturated carbocycles. The molecule has 1 atom stereocenters. The predicted octanol–water partition coefficient (Wildman–Crippen LogP) is 2.76. The Morgan fingerprint density at radius 3 is 3.00 bits per heavy atom. The van der Waals surface area contributed by atoms with Crippen molar-refractivity contribution in [3.8, 4) is 11.5 Å². The minimum atomic E-state index is 0.328. The van der Waals surface area contributed by atoms with Crippen LogP contribution in [-0.4, -0.2) is 19.8 Å². The van der Waals surface area contributed by atoms with Gasteiger partial charge in [-0.3, -0.25) is 0 Å². The second kappa shape index (κ2) is 5.41. The molecule has 0 bridgehead atoms. The summed E-state index contributed by atoms with van der Waals surface area (Å²) >= 11 is 0. The van der Waals surface area contributed by atoms with Crippen LogP contribution in [0.25, 0.3) is 0 Å². The smallest absolute Gasteiger partial charge is 0.127 e. The zero-order valence-corrected chi connectivity index (χ0v) is 10.8. The molecule has 3 nitrogen and oxygen atoms in total. The minimum Gasteiger partial charge on any atom is -0.493 e. The van der Waals surface area contributed by atoms with E-state index in [0.29, 0.717) is 12.0 Å². The van der Waals surface area contributed by atoms with Gasteiger partial charge < -0.3 is 14.8 Å². The van der Waals surface area contributed by atoms with Crippen LogP contribution in [0, 0.1) is 5.92 Å². The molecule has 0 aliphatic carbocycles. The summed E-state index contributed by atoms with van der Waals surface area (Å²) in [7, 11) is 0. The molecule has 0 amide bonds. The Kier molecular flexibility index (Phi) is 3.89. The van der Waals surface area contributed by atoms with Gasteiger partial charge in [-0.1, -0.05) is 20.8 Å². The maximum Gasteiger partial charge on any atom is 0.127 e. The molecule has 1 heterocycles. The maximum atomic E-state index is 5.69. The third-order valence-corrected chi connectivity index (χ3v) is 2.80. The normalized spacial score (nSPS) is 18.0. The van der Waals surface area contributed by atoms with Crippen LogP contribution in [0.2, 0.25) is 0 Å². The van der Waals surface area contributed by atoms with Gasteiger partial charge in [0.2, 0.25) is 0 Å². The average Bonchev–Trinajstić information content (AvgIpc) is 2.70. The van der Waals surface area contributed by atoms with Gasteiger partial charge in [-0.15, -0.1) is 0 Å². The first-order valence-electron chi connectivity index (χ1n) is 6.33. The summed E-state index contributed by atoms with van der Waals surface area (Å²) in [6, 6.07) is 6.45. The van der Waals surface area contributed by atoms with Crippen LogP contribution < -0.4 is 14.8 Å². The lowest BCUT2D eigenvalue weighted by atomic mass is 10.1. The van der Waals surface area contributed by atoms with E-state index in [1.165, 1.54) is 5.56 Å². The Morgan fingerprint density at radius 2 is 2.29 bits per heavy atom. The lowest BCUT2D eigenvalue weighted by Crippen LogP contribution is -2.21. The van der Waals surface area contributed by atoms with Crippen molar-refractivity contribution < 1.29 is 9.47 Å². The van der Waals surface area contributed by atoms with Crippen LogP contribution in [0.15, 0.2) is 18.2 Å². The van der Waals surface area contributed by atoms with Gasteiger partial charge in [-0.25, -0.2) is 0 Å². The number of benzene rings is 1. The van der Waals surface area contributed by atoms with E-state index in [1.54, 1.807) is 0 Å². The monoisotopic (exact) mass is 235 g/mol. The van der Waals surface area contributed by atoms with Gasteiger partial charge in [-0.2, -0.15) is 0 Å². The number of likely N-dealkylation sites (N-methyl/N-ethyl adjacent to an activating group) is 1. The van der Waals surface area contributed by atoms with Crippen molar-refractivity contribution in [3.05, 3.63) is 23.8 Å². The summed E-state index contributed by atoms with van der Waals surface area (Å²) in [5.74, 6) is 2.39. The molecular weight excluding hydrogens is 214 g/mol. The zero-order valence-electron chi connectivity index (χ0n) is 10.8. The Balaban J connectivity index is 2.06. The summed E-state index contributed by atoms with van der Waals surface area (Å²) in [5.41, 5.74) is 1.24. The maximum absolute atomic E-state index is 5.69. The molecule has 17 heavy (non-hydrogen) atoms. The Morgan fingerprint density at radius 1 is 1.47 bits per heavy atom. The van der Waals surface area contributed by atoms with Crippen LogP contribution in [0.5, 0.6) is 11.5 Å². The quantitative estimate of drug-likeness (QED) is 0.851. The van der Waals surface area contributed by atoms with Gasteiger partial charge >= 0.3 is 0 Å². The fourth-order valence-electron chi connectivity index (χ4n) is 1.96. The van der Waals surface area contributed by atoms with Gasteiger partial charge in [0, 0.05) is 11.6 Å². The summed E-state index contributed by atoms with van der Waals surface area (Å²) in [5, 5.41) is 3.40. The number of nitrogens with one attached hydrogen (secondary N) is 1. The highest BCUT2D eigenvalue weighted by molar-refractivity contribution is 5.45. The lowest BCUT2D eigenvalue weighted by molar-refractivity contribution is 0.268. The fraction of sp³-hybridized carbons (Fsp3) is 0.571. The molecule has 0 aromatic heterocycles. The lowest BCUT2D eigenvalue weighted by Gasteiger charge is -2.11. The molecule has 1 aliphatic rings. The van der Waals surface area contributed by atoms with E-state index in [-0.39, 0.29) is 0 Å². The van der Waals surface area contributed by atoms with Crippen molar-refractivity contribution >= 4 is 0 Å². The highest BCUT2D eigenvalue weighted by Gasteiger charge is 2.23. The van der Waals surface area contributed by atoms with E-state index in [1.807, 2.05) is 12.1 Å². The second-order valence-corrected chi connectivity index (χ2v) is 4.83. The summed E-state index contributed by atoms with van der Waals surface area (Å²) in [6.07, 6.45) is 0. The number of hydrogen-bond donors (Lipinski definition) is 1. The van der Waals surface area contributed by atoms with E-state index in [4.69, 9.17) is 9.47 Å². The van der Waals surface area contributed by atoms with Crippen LogP contribution in [0.4, 0.5) is 0 Å². The number of rotatable bonds is 5. The van der Waals surface area contributed by atoms with Crippen molar-refractivity contribution in [3.63, 3.8) is 0 Å². The molecular formula is C14H21NO2. The largest absolute Gasteiger partial charge is 0.493 e. The van der Waals surface area contributed by atoms with Gasteiger partial charge in [-0.05, 0) is 24.6 Å².